The first-order chi connectivity index (χ1) is 14.0. The molecule has 29 heavy (non-hydrogen) atoms. The molecule has 2 amide bonds. The van der Waals surface area contributed by atoms with E-state index in [1.807, 2.05) is 6.07 Å². The lowest BCUT2D eigenvalue weighted by molar-refractivity contribution is -0.384. The number of amides is 2. The summed E-state index contributed by atoms with van der Waals surface area (Å²) in [6, 6.07) is 20.0. The number of benzene rings is 3. The summed E-state index contributed by atoms with van der Waals surface area (Å²) in [4.78, 5) is 37.3. The van der Waals surface area contributed by atoms with Gasteiger partial charge >= 0.3 is 0 Å². The third-order valence-corrected chi connectivity index (χ3v) is 4.85. The van der Waals surface area contributed by atoms with Crippen molar-refractivity contribution in [1.29, 1.82) is 0 Å². The highest BCUT2D eigenvalue weighted by atomic mass is 16.6. The summed E-state index contributed by atoms with van der Waals surface area (Å²) in [7, 11) is 0. The average Bonchev–Trinajstić information content (AvgIpc) is 3.17. The van der Waals surface area contributed by atoms with Crippen molar-refractivity contribution in [3.05, 3.63) is 99.6 Å². The maximum Gasteiger partial charge on any atom is 0.271 e. The minimum atomic E-state index is -0.467. The molecule has 7 nitrogen and oxygen atoms in total. The number of anilines is 2. The van der Waals surface area contributed by atoms with Crippen LogP contribution in [0, 0.1) is 10.1 Å². The maximum absolute atomic E-state index is 12.9. The molecule has 0 unspecified atom stereocenters. The molecule has 0 spiro atoms. The van der Waals surface area contributed by atoms with Crippen molar-refractivity contribution in [2.24, 2.45) is 0 Å². The third-order valence-electron chi connectivity index (χ3n) is 4.85. The normalized spacial score (nSPS) is 12.3. The molecule has 144 valence electrons. The zero-order valence-corrected chi connectivity index (χ0v) is 15.4. The Labute approximate surface area is 166 Å². The van der Waals surface area contributed by atoms with Gasteiger partial charge in [-0.2, -0.15) is 0 Å². The summed E-state index contributed by atoms with van der Waals surface area (Å²) in [5.41, 5.74) is 3.02. The number of rotatable bonds is 4. The molecule has 0 aromatic heterocycles. The Morgan fingerprint density at radius 3 is 2.34 bits per heavy atom. The van der Waals surface area contributed by atoms with Crippen LogP contribution in [0.25, 0.3) is 0 Å². The van der Waals surface area contributed by atoms with Gasteiger partial charge in [-0.05, 0) is 48.4 Å². The van der Waals surface area contributed by atoms with Gasteiger partial charge in [0.1, 0.15) is 0 Å². The number of non-ortho nitro benzene ring substituents is 1. The first-order valence-corrected chi connectivity index (χ1v) is 9.08. The molecule has 3 aromatic rings. The molecule has 1 N–H and O–H groups in total. The van der Waals surface area contributed by atoms with Gasteiger partial charge in [-0.1, -0.05) is 24.3 Å². The Morgan fingerprint density at radius 2 is 1.66 bits per heavy atom. The van der Waals surface area contributed by atoms with Crippen LogP contribution in [0.3, 0.4) is 0 Å². The van der Waals surface area contributed by atoms with Crippen LogP contribution in [0.1, 0.15) is 26.3 Å². The van der Waals surface area contributed by atoms with Crippen LogP contribution in [0.5, 0.6) is 0 Å². The molecule has 0 saturated carbocycles. The van der Waals surface area contributed by atoms with Crippen LogP contribution in [-0.4, -0.2) is 23.3 Å². The molecular weight excluding hydrogens is 370 g/mol. The zero-order valence-electron chi connectivity index (χ0n) is 15.4. The number of hydrogen-bond donors (Lipinski definition) is 1. The average molecular weight is 387 g/mol. The fourth-order valence-electron chi connectivity index (χ4n) is 3.34. The second kappa shape index (κ2) is 7.55. The maximum atomic E-state index is 12.9. The van der Waals surface area contributed by atoms with E-state index in [0.717, 1.165) is 5.56 Å². The summed E-state index contributed by atoms with van der Waals surface area (Å²) < 4.78 is 0. The Hall–Kier alpha value is -4.00. The minimum absolute atomic E-state index is 0.0394. The van der Waals surface area contributed by atoms with E-state index in [9.17, 15) is 19.7 Å². The number of nitrogens with one attached hydrogen (secondary N) is 1. The smallest absolute Gasteiger partial charge is 0.271 e. The predicted molar refractivity (Wildman–Crippen MR) is 109 cm³/mol. The van der Waals surface area contributed by atoms with E-state index in [1.54, 1.807) is 59.5 Å². The van der Waals surface area contributed by atoms with E-state index in [4.69, 9.17) is 0 Å². The zero-order chi connectivity index (χ0) is 20.4. The van der Waals surface area contributed by atoms with Gasteiger partial charge in [0.05, 0.1) is 10.6 Å². The molecule has 4 rings (SSSR count). The topological polar surface area (TPSA) is 92.6 Å². The van der Waals surface area contributed by atoms with Crippen LogP contribution >= 0.6 is 0 Å². The second-order valence-electron chi connectivity index (χ2n) is 6.67. The van der Waals surface area contributed by atoms with E-state index >= 15 is 0 Å². The number of carbonyl (C=O) groups excluding carboxylic acids is 2. The SMILES string of the molecule is O=C(Nc1ccc(C(=O)N2CCc3ccc([N+](=O)[O-])cc32)cc1)c1ccccc1. The predicted octanol–water partition coefficient (Wildman–Crippen LogP) is 4.05. The molecule has 7 heteroatoms. The van der Waals surface area contributed by atoms with E-state index in [0.29, 0.717) is 35.5 Å². The molecule has 0 aliphatic carbocycles. The minimum Gasteiger partial charge on any atom is -0.322 e. The number of nitro benzene ring substituents is 1. The number of fused-ring (bicyclic) bond motifs is 1. The third kappa shape index (κ3) is 3.70. The van der Waals surface area contributed by atoms with Gasteiger partial charge in [-0.25, -0.2) is 0 Å². The highest BCUT2D eigenvalue weighted by Gasteiger charge is 2.27. The largest absolute Gasteiger partial charge is 0.322 e. The number of nitrogens with zero attached hydrogens (tertiary/aromatic N) is 2. The summed E-state index contributed by atoms with van der Waals surface area (Å²) in [5, 5.41) is 13.8. The van der Waals surface area contributed by atoms with E-state index < -0.39 is 4.92 Å². The van der Waals surface area contributed by atoms with Crippen molar-refractivity contribution in [2.75, 3.05) is 16.8 Å². The van der Waals surface area contributed by atoms with Crippen molar-refractivity contribution in [3.8, 4) is 0 Å². The Balaban J connectivity index is 1.50. The highest BCUT2D eigenvalue weighted by molar-refractivity contribution is 6.08. The molecular formula is C22H17N3O4. The van der Waals surface area contributed by atoms with Crippen LogP contribution in [0.2, 0.25) is 0 Å². The highest BCUT2D eigenvalue weighted by Crippen LogP contribution is 2.32. The van der Waals surface area contributed by atoms with Gasteiger partial charge in [0.15, 0.2) is 0 Å². The molecule has 0 radical (unpaired) electrons. The van der Waals surface area contributed by atoms with Crippen molar-refractivity contribution in [1.82, 2.24) is 0 Å². The summed E-state index contributed by atoms with van der Waals surface area (Å²) in [5.74, 6) is -0.462. The Bertz CT molecular complexity index is 1090. The fourth-order valence-corrected chi connectivity index (χ4v) is 3.34. The Kier molecular flexibility index (Phi) is 4.78. The van der Waals surface area contributed by atoms with Gasteiger partial charge in [0.2, 0.25) is 0 Å². The summed E-state index contributed by atoms with van der Waals surface area (Å²) >= 11 is 0. The molecule has 1 aliphatic heterocycles. The number of carbonyl (C=O) groups is 2. The van der Waals surface area contributed by atoms with Gasteiger partial charge in [-0.3, -0.25) is 19.7 Å². The summed E-state index contributed by atoms with van der Waals surface area (Å²) in [6.07, 6.45) is 0.657. The van der Waals surface area contributed by atoms with E-state index in [1.165, 1.54) is 12.1 Å². The van der Waals surface area contributed by atoms with Crippen molar-refractivity contribution < 1.29 is 14.5 Å². The monoisotopic (exact) mass is 387 g/mol. The first-order valence-electron chi connectivity index (χ1n) is 9.08. The lowest BCUT2D eigenvalue weighted by atomic mass is 10.1. The lowest BCUT2D eigenvalue weighted by Crippen LogP contribution is -2.28. The molecule has 3 aromatic carbocycles. The molecule has 0 bridgehead atoms. The van der Waals surface area contributed by atoms with Gasteiger partial charge in [0.25, 0.3) is 17.5 Å². The molecule has 0 atom stereocenters. The standard InChI is InChI=1S/C22H17N3O4/c26-21(16-4-2-1-3-5-16)23-18-9-6-17(7-10-18)22(27)24-13-12-15-8-11-19(25(28)29)14-20(15)24/h1-11,14H,12-13H2,(H,23,26). The van der Waals surface area contributed by atoms with Gasteiger partial charge < -0.3 is 10.2 Å². The van der Waals surface area contributed by atoms with Crippen molar-refractivity contribution >= 4 is 28.9 Å². The van der Waals surface area contributed by atoms with Crippen LogP contribution in [0.4, 0.5) is 17.1 Å². The van der Waals surface area contributed by atoms with Crippen LogP contribution in [-0.2, 0) is 6.42 Å². The fraction of sp³-hybridized carbons (Fsp3) is 0.0909. The Morgan fingerprint density at radius 1 is 0.931 bits per heavy atom. The second-order valence-corrected chi connectivity index (χ2v) is 6.67. The van der Waals surface area contributed by atoms with Crippen molar-refractivity contribution in [2.45, 2.75) is 6.42 Å². The lowest BCUT2D eigenvalue weighted by Gasteiger charge is -2.17. The molecule has 1 heterocycles. The van der Waals surface area contributed by atoms with Gasteiger partial charge in [-0.15, -0.1) is 0 Å². The summed E-state index contributed by atoms with van der Waals surface area (Å²) in [6.45, 7) is 0.474. The van der Waals surface area contributed by atoms with Crippen molar-refractivity contribution in [3.63, 3.8) is 0 Å². The molecule has 1 aliphatic rings. The van der Waals surface area contributed by atoms with E-state index in [2.05, 4.69) is 5.32 Å². The quantitative estimate of drug-likeness (QED) is 0.540. The van der Waals surface area contributed by atoms with Gasteiger partial charge in [0, 0.05) is 35.5 Å². The number of hydrogen-bond acceptors (Lipinski definition) is 4. The molecule has 0 fully saturated rings. The molecule has 0 saturated heterocycles. The van der Waals surface area contributed by atoms with Crippen LogP contribution < -0.4 is 10.2 Å². The number of nitro groups is 1. The van der Waals surface area contributed by atoms with Crippen LogP contribution in [0.15, 0.2) is 72.8 Å². The van der Waals surface area contributed by atoms with E-state index in [-0.39, 0.29) is 17.5 Å². The first kappa shape index (κ1) is 18.4.